The van der Waals surface area contributed by atoms with Crippen molar-refractivity contribution in [3.05, 3.63) is 64.9 Å². The van der Waals surface area contributed by atoms with Crippen molar-refractivity contribution in [1.82, 2.24) is 9.97 Å². The van der Waals surface area contributed by atoms with Crippen LogP contribution in [0.3, 0.4) is 0 Å². The number of benzene rings is 2. The fraction of sp³-hybridized carbons (Fsp3) is 0.0588. The van der Waals surface area contributed by atoms with E-state index < -0.39 is 11.7 Å². The molecule has 0 fully saturated rings. The number of nitrogens with two attached hydrogens (primary N) is 1. The summed E-state index contributed by atoms with van der Waals surface area (Å²) in [6.45, 7) is 0. The zero-order chi connectivity index (χ0) is 18.7. The van der Waals surface area contributed by atoms with Crippen LogP contribution in [-0.2, 0) is 6.18 Å². The first-order chi connectivity index (χ1) is 12.3. The van der Waals surface area contributed by atoms with Crippen LogP contribution >= 0.6 is 15.9 Å². The number of nitrogens with zero attached hydrogens (tertiary/aromatic N) is 2. The fourth-order valence-electron chi connectivity index (χ4n) is 2.14. The summed E-state index contributed by atoms with van der Waals surface area (Å²) >= 11 is 3.35. The van der Waals surface area contributed by atoms with Crippen molar-refractivity contribution in [3.8, 4) is 0 Å². The molecule has 5 nitrogen and oxygen atoms in total. The second-order valence-electron chi connectivity index (χ2n) is 5.32. The molecule has 0 unspecified atom stereocenters. The summed E-state index contributed by atoms with van der Waals surface area (Å²) in [6.07, 6.45) is -3.07. The minimum Gasteiger partial charge on any atom is -0.393 e. The maximum absolute atomic E-state index is 12.6. The van der Waals surface area contributed by atoms with Crippen LogP contribution in [0.25, 0.3) is 0 Å². The molecule has 0 radical (unpaired) electrons. The second-order valence-corrected chi connectivity index (χ2v) is 6.23. The Bertz CT molecular complexity index is 896. The van der Waals surface area contributed by atoms with E-state index in [2.05, 4.69) is 36.5 Å². The van der Waals surface area contributed by atoms with E-state index in [-0.39, 0.29) is 5.69 Å². The number of alkyl halides is 3. The normalized spacial score (nSPS) is 11.2. The number of nitrogens with one attached hydrogen (secondary N) is 2. The highest BCUT2D eigenvalue weighted by atomic mass is 79.9. The first-order valence-electron chi connectivity index (χ1n) is 7.40. The molecule has 134 valence electrons. The Morgan fingerprint density at radius 3 is 1.73 bits per heavy atom. The highest BCUT2D eigenvalue weighted by molar-refractivity contribution is 9.10. The van der Waals surface area contributed by atoms with Crippen molar-refractivity contribution < 1.29 is 13.2 Å². The maximum atomic E-state index is 12.6. The first-order valence-corrected chi connectivity index (χ1v) is 8.19. The summed E-state index contributed by atoms with van der Waals surface area (Å²) in [5.74, 6) is 0.677. The molecule has 26 heavy (non-hydrogen) atoms. The Balaban J connectivity index is 1.79. The van der Waals surface area contributed by atoms with E-state index in [9.17, 15) is 13.2 Å². The predicted molar refractivity (Wildman–Crippen MR) is 98.6 cm³/mol. The Hall–Kier alpha value is -2.81. The third-order valence-corrected chi connectivity index (χ3v) is 3.99. The molecule has 3 rings (SSSR count). The Labute approximate surface area is 155 Å². The van der Waals surface area contributed by atoms with Crippen molar-refractivity contribution >= 4 is 44.6 Å². The number of halogens is 4. The monoisotopic (exact) mass is 423 g/mol. The van der Waals surface area contributed by atoms with Gasteiger partial charge in [0.15, 0.2) is 11.6 Å². The maximum Gasteiger partial charge on any atom is 0.416 e. The molecule has 0 aliphatic rings. The molecule has 0 aliphatic heterocycles. The van der Waals surface area contributed by atoms with E-state index in [0.717, 1.165) is 22.3 Å². The van der Waals surface area contributed by atoms with Gasteiger partial charge in [-0.2, -0.15) is 13.2 Å². The van der Waals surface area contributed by atoms with Gasteiger partial charge in [0.25, 0.3) is 0 Å². The highest BCUT2D eigenvalue weighted by Crippen LogP contribution is 2.32. The van der Waals surface area contributed by atoms with Crippen molar-refractivity contribution in [2.45, 2.75) is 6.18 Å². The molecule has 0 saturated carbocycles. The smallest absolute Gasteiger partial charge is 0.393 e. The van der Waals surface area contributed by atoms with Gasteiger partial charge in [-0.05, 0) is 48.5 Å². The summed E-state index contributed by atoms with van der Waals surface area (Å²) in [5.41, 5.74) is 6.79. The average Bonchev–Trinajstić information content (AvgIpc) is 2.60. The van der Waals surface area contributed by atoms with Crippen molar-refractivity contribution in [1.29, 1.82) is 0 Å². The molecular formula is C17H13BrF3N5. The van der Waals surface area contributed by atoms with Gasteiger partial charge in [-0.1, -0.05) is 15.9 Å². The van der Waals surface area contributed by atoms with Crippen molar-refractivity contribution in [2.75, 3.05) is 16.4 Å². The standard InChI is InChI=1S/C17H13BrF3N5/c18-11-3-7-13(8-4-11)26-16-14(22)15(23-9-24-16)25-12-5-1-10(2-6-12)17(19,20)21/h1-9H,22H2,(H2,23,24,25,26). The molecule has 1 aromatic heterocycles. The molecule has 0 atom stereocenters. The minimum atomic E-state index is -4.38. The zero-order valence-electron chi connectivity index (χ0n) is 13.2. The van der Waals surface area contributed by atoms with Crippen LogP contribution in [0.4, 0.5) is 41.9 Å². The topological polar surface area (TPSA) is 75.9 Å². The molecule has 2 aromatic carbocycles. The van der Waals surface area contributed by atoms with E-state index in [0.29, 0.717) is 17.3 Å². The van der Waals surface area contributed by atoms with Crippen LogP contribution in [0.2, 0.25) is 0 Å². The lowest BCUT2D eigenvalue weighted by molar-refractivity contribution is -0.137. The van der Waals surface area contributed by atoms with Gasteiger partial charge in [0.2, 0.25) is 0 Å². The summed E-state index contributed by atoms with van der Waals surface area (Å²) in [7, 11) is 0. The third kappa shape index (κ3) is 4.23. The van der Waals surface area contributed by atoms with Crippen molar-refractivity contribution in [2.24, 2.45) is 0 Å². The van der Waals surface area contributed by atoms with E-state index in [1.807, 2.05) is 24.3 Å². The van der Waals surface area contributed by atoms with E-state index in [4.69, 9.17) is 5.73 Å². The number of aromatic nitrogens is 2. The lowest BCUT2D eigenvalue weighted by atomic mass is 10.2. The first kappa shape index (κ1) is 18.0. The van der Waals surface area contributed by atoms with Crippen LogP contribution in [0.15, 0.2) is 59.3 Å². The van der Waals surface area contributed by atoms with Crippen LogP contribution in [0.1, 0.15) is 5.56 Å². The van der Waals surface area contributed by atoms with Gasteiger partial charge in [0.05, 0.1) is 5.56 Å². The molecule has 1 heterocycles. The Morgan fingerprint density at radius 2 is 1.27 bits per heavy atom. The molecule has 9 heteroatoms. The number of hydrogen-bond donors (Lipinski definition) is 3. The molecule has 0 aliphatic carbocycles. The van der Waals surface area contributed by atoms with Gasteiger partial charge in [-0.15, -0.1) is 0 Å². The van der Waals surface area contributed by atoms with Crippen LogP contribution in [-0.4, -0.2) is 9.97 Å². The summed E-state index contributed by atoms with van der Waals surface area (Å²) in [6, 6.07) is 12.0. The van der Waals surface area contributed by atoms with Crippen molar-refractivity contribution in [3.63, 3.8) is 0 Å². The third-order valence-electron chi connectivity index (χ3n) is 3.47. The van der Waals surface area contributed by atoms with E-state index >= 15 is 0 Å². The van der Waals surface area contributed by atoms with Gasteiger partial charge < -0.3 is 16.4 Å². The highest BCUT2D eigenvalue weighted by Gasteiger charge is 2.29. The molecule has 0 spiro atoms. The SMILES string of the molecule is Nc1c(Nc2ccc(Br)cc2)ncnc1Nc1ccc(C(F)(F)F)cc1. The zero-order valence-corrected chi connectivity index (χ0v) is 14.8. The Morgan fingerprint density at radius 1 is 0.808 bits per heavy atom. The number of hydrogen-bond acceptors (Lipinski definition) is 5. The van der Waals surface area contributed by atoms with Crippen LogP contribution in [0, 0.1) is 0 Å². The molecule has 4 N–H and O–H groups in total. The summed E-state index contributed by atoms with van der Waals surface area (Å²) < 4.78 is 38.8. The summed E-state index contributed by atoms with van der Waals surface area (Å²) in [4.78, 5) is 8.14. The molecule has 3 aromatic rings. The quantitative estimate of drug-likeness (QED) is 0.528. The van der Waals surface area contributed by atoms with Crippen LogP contribution < -0.4 is 16.4 Å². The number of nitrogen functional groups attached to an aromatic ring is 1. The molecule has 0 saturated heterocycles. The molecule has 0 amide bonds. The van der Waals surface area contributed by atoms with Gasteiger partial charge in [-0.25, -0.2) is 9.97 Å². The predicted octanol–water partition coefficient (Wildman–Crippen LogP) is 5.33. The fourth-order valence-corrected chi connectivity index (χ4v) is 2.41. The molecular weight excluding hydrogens is 411 g/mol. The largest absolute Gasteiger partial charge is 0.416 e. The van der Waals surface area contributed by atoms with Gasteiger partial charge in [0, 0.05) is 15.8 Å². The lowest BCUT2D eigenvalue weighted by Gasteiger charge is -2.13. The number of rotatable bonds is 4. The van der Waals surface area contributed by atoms with Gasteiger partial charge in [0.1, 0.15) is 12.0 Å². The van der Waals surface area contributed by atoms with E-state index in [1.54, 1.807) is 0 Å². The van der Waals surface area contributed by atoms with Gasteiger partial charge >= 0.3 is 6.18 Å². The van der Waals surface area contributed by atoms with E-state index in [1.165, 1.54) is 18.5 Å². The van der Waals surface area contributed by atoms with Crippen LogP contribution in [0.5, 0.6) is 0 Å². The number of anilines is 5. The second kappa shape index (κ2) is 7.20. The minimum absolute atomic E-state index is 0.246. The summed E-state index contributed by atoms with van der Waals surface area (Å²) in [5, 5.41) is 5.96. The Kier molecular flexibility index (Phi) is 4.99. The van der Waals surface area contributed by atoms with Gasteiger partial charge in [-0.3, -0.25) is 0 Å². The lowest BCUT2D eigenvalue weighted by Crippen LogP contribution is -2.06. The average molecular weight is 424 g/mol. The molecule has 0 bridgehead atoms.